The minimum Gasteiger partial charge on any atom is -0.489 e. The van der Waals surface area contributed by atoms with E-state index in [1.54, 1.807) is 24.3 Å². The minimum atomic E-state index is -0.106. The maximum atomic E-state index is 12.6. The minimum absolute atomic E-state index is 0.0662. The molecule has 0 heterocycles. The number of amides is 1. The van der Waals surface area contributed by atoms with Gasteiger partial charge in [0.05, 0.1) is 6.04 Å². The largest absolute Gasteiger partial charge is 0.489 e. The van der Waals surface area contributed by atoms with E-state index in [4.69, 9.17) is 16.3 Å². The molecule has 0 spiro atoms. The molecule has 1 atom stereocenters. The van der Waals surface area contributed by atoms with Crippen LogP contribution in [0.4, 0.5) is 0 Å². The SMILES string of the molecule is Cc1ccc(C)c([C@@H](C)NC(=O)c2ccc(OCc3ccccc3Cl)cc2)c1. The Morgan fingerprint density at radius 3 is 2.46 bits per heavy atom. The summed E-state index contributed by atoms with van der Waals surface area (Å²) in [5.74, 6) is 0.588. The third-order valence-electron chi connectivity index (χ3n) is 4.72. The smallest absolute Gasteiger partial charge is 0.251 e. The molecule has 1 amide bonds. The Labute approximate surface area is 171 Å². The molecule has 3 rings (SSSR count). The van der Waals surface area contributed by atoms with E-state index < -0.39 is 0 Å². The maximum Gasteiger partial charge on any atom is 0.251 e. The number of rotatable bonds is 6. The Kier molecular flexibility index (Phi) is 6.37. The second-order valence-corrected chi connectivity index (χ2v) is 7.37. The molecular formula is C24H24ClNO2. The van der Waals surface area contributed by atoms with Crippen molar-refractivity contribution in [2.45, 2.75) is 33.4 Å². The van der Waals surface area contributed by atoms with E-state index >= 15 is 0 Å². The Hall–Kier alpha value is -2.78. The number of carbonyl (C=O) groups excluding carboxylic acids is 1. The van der Waals surface area contributed by atoms with Gasteiger partial charge in [-0.1, -0.05) is 53.6 Å². The summed E-state index contributed by atoms with van der Waals surface area (Å²) in [7, 11) is 0. The normalized spacial score (nSPS) is 11.7. The molecule has 0 aliphatic heterocycles. The summed E-state index contributed by atoms with van der Waals surface area (Å²) in [5.41, 5.74) is 5.01. The number of ether oxygens (including phenoxy) is 1. The predicted octanol–water partition coefficient (Wildman–Crippen LogP) is 6.03. The van der Waals surface area contributed by atoms with Crippen molar-refractivity contribution in [1.29, 1.82) is 0 Å². The fourth-order valence-electron chi connectivity index (χ4n) is 3.06. The molecule has 0 fully saturated rings. The average molecular weight is 394 g/mol. The summed E-state index contributed by atoms with van der Waals surface area (Å²) in [5, 5.41) is 3.75. The van der Waals surface area contributed by atoms with Gasteiger partial charge in [0.25, 0.3) is 5.91 Å². The Balaban J connectivity index is 1.62. The highest BCUT2D eigenvalue weighted by Crippen LogP contribution is 2.21. The zero-order chi connectivity index (χ0) is 20.1. The second-order valence-electron chi connectivity index (χ2n) is 6.96. The fraction of sp³-hybridized carbons (Fsp3) is 0.208. The third kappa shape index (κ3) is 4.93. The standard InChI is InChI=1S/C24H24ClNO2/c1-16-8-9-17(2)22(14-16)18(3)26-24(27)19-10-12-21(13-11-19)28-15-20-6-4-5-7-23(20)25/h4-14,18H,15H2,1-3H3,(H,26,27)/t18-/m1/s1. The van der Waals surface area contributed by atoms with Crippen LogP contribution in [0.3, 0.4) is 0 Å². The first kappa shape index (κ1) is 20.0. The van der Waals surface area contributed by atoms with Crippen LogP contribution in [0.15, 0.2) is 66.7 Å². The van der Waals surface area contributed by atoms with Crippen LogP contribution in [0.25, 0.3) is 0 Å². The number of benzene rings is 3. The molecule has 28 heavy (non-hydrogen) atoms. The van der Waals surface area contributed by atoms with Crippen molar-refractivity contribution in [2.24, 2.45) is 0 Å². The molecule has 4 heteroatoms. The molecule has 0 aliphatic rings. The highest BCUT2D eigenvalue weighted by Gasteiger charge is 2.13. The van der Waals surface area contributed by atoms with E-state index in [-0.39, 0.29) is 11.9 Å². The summed E-state index contributed by atoms with van der Waals surface area (Å²) in [6.07, 6.45) is 0. The number of hydrogen-bond donors (Lipinski definition) is 1. The molecule has 0 saturated carbocycles. The summed E-state index contributed by atoms with van der Waals surface area (Å²) < 4.78 is 5.77. The first-order valence-electron chi connectivity index (χ1n) is 9.28. The number of halogens is 1. The second kappa shape index (κ2) is 8.94. The van der Waals surface area contributed by atoms with Crippen LogP contribution in [0.5, 0.6) is 5.75 Å². The predicted molar refractivity (Wildman–Crippen MR) is 114 cm³/mol. The van der Waals surface area contributed by atoms with E-state index in [1.165, 1.54) is 11.1 Å². The van der Waals surface area contributed by atoms with Gasteiger partial charge in [0.2, 0.25) is 0 Å². The quantitative estimate of drug-likeness (QED) is 0.555. The topological polar surface area (TPSA) is 38.3 Å². The zero-order valence-corrected chi connectivity index (χ0v) is 17.1. The molecule has 0 radical (unpaired) electrons. The van der Waals surface area contributed by atoms with Gasteiger partial charge in [0.1, 0.15) is 12.4 Å². The van der Waals surface area contributed by atoms with E-state index in [0.29, 0.717) is 22.9 Å². The van der Waals surface area contributed by atoms with Gasteiger partial charge in [0.15, 0.2) is 0 Å². The Bertz CT molecular complexity index is 967. The van der Waals surface area contributed by atoms with Crippen LogP contribution in [-0.4, -0.2) is 5.91 Å². The molecule has 0 aliphatic carbocycles. The summed E-state index contributed by atoms with van der Waals surface area (Å²) >= 11 is 6.14. The zero-order valence-electron chi connectivity index (χ0n) is 16.3. The van der Waals surface area contributed by atoms with E-state index in [2.05, 4.69) is 37.4 Å². The van der Waals surface area contributed by atoms with Crippen LogP contribution < -0.4 is 10.1 Å². The van der Waals surface area contributed by atoms with Crippen LogP contribution in [-0.2, 0) is 6.61 Å². The monoisotopic (exact) mass is 393 g/mol. The van der Waals surface area contributed by atoms with Gasteiger partial charge in [-0.05, 0) is 62.2 Å². The number of nitrogens with one attached hydrogen (secondary N) is 1. The van der Waals surface area contributed by atoms with Crippen molar-refractivity contribution in [2.75, 3.05) is 0 Å². The molecule has 0 unspecified atom stereocenters. The van der Waals surface area contributed by atoms with Crippen LogP contribution in [0.2, 0.25) is 5.02 Å². The van der Waals surface area contributed by atoms with Gasteiger partial charge in [0, 0.05) is 16.1 Å². The third-order valence-corrected chi connectivity index (χ3v) is 5.09. The Morgan fingerprint density at radius 2 is 1.75 bits per heavy atom. The van der Waals surface area contributed by atoms with Gasteiger partial charge in [-0.15, -0.1) is 0 Å². The van der Waals surface area contributed by atoms with E-state index in [0.717, 1.165) is 11.1 Å². The molecule has 0 aromatic heterocycles. The molecule has 3 aromatic carbocycles. The van der Waals surface area contributed by atoms with Gasteiger partial charge in [-0.2, -0.15) is 0 Å². The molecule has 0 bridgehead atoms. The maximum absolute atomic E-state index is 12.6. The van der Waals surface area contributed by atoms with Gasteiger partial charge >= 0.3 is 0 Å². The molecule has 0 saturated heterocycles. The van der Waals surface area contributed by atoms with Crippen molar-refractivity contribution >= 4 is 17.5 Å². The number of carbonyl (C=O) groups is 1. The van der Waals surface area contributed by atoms with Crippen LogP contribution in [0.1, 0.15) is 45.6 Å². The van der Waals surface area contributed by atoms with Crippen LogP contribution in [0, 0.1) is 13.8 Å². The molecule has 3 aromatic rings. The first-order chi connectivity index (χ1) is 13.4. The van der Waals surface area contributed by atoms with Gasteiger partial charge in [-0.25, -0.2) is 0 Å². The Morgan fingerprint density at radius 1 is 1.04 bits per heavy atom. The number of hydrogen-bond acceptors (Lipinski definition) is 2. The molecule has 3 nitrogen and oxygen atoms in total. The highest BCUT2D eigenvalue weighted by atomic mass is 35.5. The van der Waals surface area contributed by atoms with Gasteiger partial charge in [-0.3, -0.25) is 4.79 Å². The molecule has 144 valence electrons. The highest BCUT2D eigenvalue weighted by molar-refractivity contribution is 6.31. The van der Waals surface area contributed by atoms with Gasteiger partial charge < -0.3 is 10.1 Å². The first-order valence-corrected chi connectivity index (χ1v) is 9.66. The van der Waals surface area contributed by atoms with Crippen molar-refractivity contribution < 1.29 is 9.53 Å². The van der Waals surface area contributed by atoms with Crippen molar-refractivity contribution in [3.8, 4) is 5.75 Å². The fourth-order valence-corrected chi connectivity index (χ4v) is 3.25. The van der Waals surface area contributed by atoms with E-state index in [1.807, 2.05) is 31.2 Å². The lowest BCUT2D eigenvalue weighted by Gasteiger charge is -2.17. The van der Waals surface area contributed by atoms with Crippen molar-refractivity contribution in [1.82, 2.24) is 5.32 Å². The average Bonchev–Trinajstić information content (AvgIpc) is 2.69. The molecular weight excluding hydrogens is 370 g/mol. The van der Waals surface area contributed by atoms with E-state index in [9.17, 15) is 4.79 Å². The van der Waals surface area contributed by atoms with Crippen molar-refractivity contribution in [3.05, 3.63) is 99.6 Å². The summed E-state index contributed by atoms with van der Waals surface area (Å²) in [6, 6.07) is 20.9. The summed E-state index contributed by atoms with van der Waals surface area (Å²) in [6.45, 7) is 6.50. The lowest BCUT2D eigenvalue weighted by atomic mass is 10.00. The lowest BCUT2D eigenvalue weighted by Crippen LogP contribution is -2.27. The lowest BCUT2D eigenvalue weighted by molar-refractivity contribution is 0.0939. The van der Waals surface area contributed by atoms with Crippen molar-refractivity contribution in [3.63, 3.8) is 0 Å². The molecule has 1 N–H and O–H groups in total. The van der Waals surface area contributed by atoms with Crippen LogP contribution >= 0.6 is 11.6 Å². The number of aryl methyl sites for hydroxylation is 2. The summed E-state index contributed by atoms with van der Waals surface area (Å²) in [4.78, 5) is 12.6.